The number of ether oxygens (including phenoxy) is 1. The molecule has 0 spiro atoms. The van der Waals surface area contributed by atoms with Crippen molar-refractivity contribution in [2.45, 2.75) is 25.8 Å². The number of hydrogen-bond acceptors (Lipinski definition) is 2. The summed E-state index contributed by atoms with van der Waals surface area (Å²) in [4.78, 5) is 9.55. The molecule has 6 rings (SSSR count). The maximum absolute atomic E-state index is 5.64. The number of piperidine rings is 1. The molecule has 0 radical (unpaired) electrons. The monoisotopic (exact) mass is 435 g/mol. The third kappa shape index (κ3) is 3.81. The van der Waals surface area contributed by atoms with E-state index in [4.69, 9.17) is 4.74 Å². The van der Waals surface area contributed by atoms with Gasteiger partial charge in [0.25, 0.3) is 0 Å². The van der Waals surface area contributed by atoms with E-state index < -0.39 is 0 Å². The molecule has 0 unspecified atom stereocenters. The van der Waals surface area contributed by atoms with E-state index in [1.165, 1.54) is 65.2 Å². The summed E-state index contributed by atoms with van der Waals surface area (Å²) in [6.07, 6.45) is 8.18. The number of H-pyrrole nitrogens is 2. The molecule has 5 aromatic rings. The highest BCUT2D eigenvalue weighted by atomic mass is 16.5. The molecule has 1 aliphatic heterocycles. The van der Waals surface area contributed by atoms with Gasteiger partial charge in [0.15, 0.2) is 0 Å². The van der Waals surface area contributed by atoms with Crippen molar-refractivity contribution >= 4 is 21.7 Å². The number of para-hydroxylation sites is 1. The van der Waals surface area contributed by atoms with Gasteiger partial charge in [-0.15, -0.1) is 0 Å². The van der Waals surface area contributed by atoms with Crippen LogP contribution in [-0.2, 0) is 6.54 Å². The van der Waals surface area contributed by atoms with E-state index in [0.29, 0.717) is 0 Å². The Kier molecular flexibility index (Phi) is 5.16. The number of methoxy groups -OCH3 is 1. The molecule has 1 saturated heterocycles. The van der Waals surface area contributed by atoms with Crippen molar-refractivity contribution in [1.82, 2.24) is 14.9 Å². The van der Waals surface area contributed by atoms with Gasteiger partial charge in [-0.25, -0.2) is 0 Å². The van der Waals surface area contributed by atoms with Gasteiger partial charge < -0.3 is 14.7 Å². The first-order chi connectivity index (χ1) is 16.3. The highest BCUT2D eigenvalue weighted by Crippen LogP contribution is 2.38. The largest absolute Gasteiger partial charge is 0.496 e. The number of rotatable bonds is 5. The number of hydrogen-bond donors (Lipinski definition) is 2. The number of benzene rings is 3. The Morgan fingerprint density at radius 1 is 0.848 bits per heavy atom. The molecule has 2 N–H and O–H groups in total. The molecule has 0 bridgehead atoms. The fourth-order valence-corrected chi connectivity index (χ4v) is 5.23. The van der Waals surface area contributed by atoms with Gasteiger partial charge in [-0.1, -0.05) is 30.7 Å². The second-order valence-electron chi connectivity index (χ2n) is 9.12. The fourth-order valence-electron chi connectivity index (χ4n) is 5.23. The Labute approximate surface area is 194 Å². The van der Waals surface area contributed by atoms with Crippen LogP contribution < -0.4 is 4.74 Å². The predicted octanol–water partition coefficient (Wildman–Crippen LogP) is 6.98. The lowest BCUT2D eigenvalue weighted by molar-refractivity contribution is 0.221. The van der Waals surface area contributed by atoms with Crippen LogP contribution in [0.5, 0.6) is 5.75 Å². The first-order valence-electron chi connectivity index (χ1n) is 11.9. The molecular formula is C29H29N3O. The summed E-state index contributed by atoms with van der Waals surface area (Å²) in [5.41, 5.74) is 7.16. The Morgan fingerprint density at radius 3 is 2.61 bits per heavy atom. The highest BCUT2D eigenvalue weighted by molar-refractivity contribution is 6.01. The normalized spacial score (nSPS) is 14.8. The minimum absolute atomic E-state index is 0.886. The molecule has 0 saturated carbocycles. The van der Waals surface area contributed by atoms with Crippen molar-refractivity contribution in [3.63, 3.8) is 0 Å². The van der Waals surface area contributed by atoms with Gasteiger partial charge in [0.1, 0.15) is 5.75 Å². The van der Waals surface area contributed by atoms with Crippen LogP contribution in [0.1, 0.15) is 24.8 Å². The van der Waals surface area contributed by atoms with Crippen LogP contribution >= 0.6 is 0 Å². The SMILES string of the molecule is COc1ccccc1-c1cc(-c2cc3cc(CN4CCCCC4)ccc3[nH]2)c2c[nH]cc2c1. The Hall–Kier alpha value is -3.50. The van der Waals surface area contributed by atoms with Crippen molar-refractivity contribution in [2.75, 3.05) is 20.2 Å². The molecule has 3 aromatic carbocycles. The lowest BCUT2D eigenvalue weighted by Gasteiger charge is -2.26. The van der Waals surface area contributed by atoms with Crippen LogP contribution in [0.3, 0.4) is 0 Å². The van der Waals surface area contributed by atoms with Gasteiger partial charge in [-0.05, 0) is 73.5 Å². The standard InChI is InChI=1S/C29H29N3O/c1-33-29-8-4-3-7-24(29)21-14-23-17-30-18-26(23)25(15-21)28-16-22-13-20(9-10-27(22)31-28)19-32-11-5-2-6-12-32/h3-4,7-10,13-18,30-31H,2,5-6,11-12,19H2,1H3. The van der Waals surface area contributed by atoms with E-state index in [1.54, 1.807) is 7.11 Å². The zero-order valence-corrected chi connectivity index (χ0v) is 19.0. The van der Waals surface area contributed by atoms with E-state index in [9.17, 15) is 0 Å². The van der Waals surface area contributed by atoms with Gasteiger partial charge in [0.05, 0.1) is 7.11 Å². The molecular weight excluding hydrogens is 406 g/mol. The van der Waals surface area contributed by atoms with E-state index in [0.717, 1.165) is 29.1 Å². The summed E-state index contributed by atoms with van der Waals surface area (Å²) >= 11 is 0. The molecule has 3 heterocycles. The molecule has 1 fully saturated rings. The number of likely N-dealkylation sites (tertiary alicyclic amines) is 1. The third-order valence-electron chi connectivity index (χ3n) is 6.93. The van der Waals surface area contributed by atoms with Crippen LogP contribution in [-0.4, -0.2) is 35.1 Å². The van der Waals surface area contributed by atoms with Crippen molar-refractivity contribution < 1.29 is 4.74 Å². The fraction of sp³-hybridized carbons (Fsp3) is 0.241. The Balaban J connectivity index is 1.42. The number of aromatic nitrogens is 2. The van der Waals surface area contributed by atoms with Crippen molar-refractivity contribution in [3.8, 4) is 28.1 Å². The molecule has 0 aliphatic carbocycles. The molecule has 166 valence electrons. The van der Waals surface area contributed by atoms with Crippen molar-refractivity contribution in [2.24, 2.45) is 0 Å². The molecule has 4 nitrogen and oxygen atoms in total. The first-order valence-corrected chi connectivity index (χ1v) is 11.9. The summed E-state index contributed by atoms with van der Waals surface area (Å²) in [5.74, 6) is 0.886. The van der Waals surface area contributed by atoms with E-state index in [-0.39, 0.29) is 0 Å². The summed E-state index contributed by atoms with van der Waals surface area (Å²) in [5, 5.41) is 3.68. The topological polar surface area (TPSA) is 44.0 Å². The third-order valence-corrected chi connectivity index (χ3v) is 6.93. The summed E-state index contributed by atoms with van der Waals surface area (Å²) in [6, 6.07) is 21.9. The molecule has 0 amide bonds. The van der Waals surface area contributed by atoms with E-state index in [1.807, 2.05) is 12.1 Å². The van der Waals surface area contributed by atoms with E-state index in [2.05, 4.69) is 75.8 Å². The lowest BCUT2D eigenvalue weighted by Crippen LogP contribution is -2.28. The highest BCUT2D eigenvalue weighted by Gasteiger charge is 2.14. The Bertz CT molecular complexity index is 1420. The molecule has 1 aliphatic rings. The maximum atomic E-state index is 5.64. The molecule has 4 heteroatoms. The quantitative estimate of drug-likeness (QED) is 0.313. The van der Waals surface area contributed by atoms with Gasteiger partial charge >= 0.3 is 0 Å². The average Bonchev–Trinajstić information content (AvgIpc) is 3.50. The number of nitrogens with one attached hydrogen (secondary N) is 2. The van der Waals surface area contributed by atoms with Crippen LogP contribution in [0.25, 0.3) is 44.1 Å². The first kappa shape index (κ1) is 20.1. The second-order valence-corrected chi connectivity index (χ2v) is 9.12. The molecule has 0 atom stereocenters. The smallest absolute Gasteiger partial charge is 0.126 e. The maximum Gasteiger partial charge on any atom is 0.126 e. The number of aromatic amines is 2. The second kappa shape index (κ2) is 8.45. The van der Waals surface area contributed by atoms with Gasteiger partial charge in [-0.3, -0.25) is 4.90 Å². The summed E-state index contributed by atoms with van der Waals surface area (Å²) < 4.78 is 5.64. The zero-order chi connectivity index (χ0) is 22.2. The zero-order valence-electron chi connectivity index (χ0n) is 19.0. The summed E-state index contributed by atoms with van der Waals surface area (Å²) in [7, 11) is 1.73. The lowest BCUT2D eigenvalue weighted by atomic mass is 9.97. The minimum atomic E-state index is 0.886. The van der Waals surface area contributed by atoms with Crippen LogP contribution in [0.2, 0.25) is 0 Å². The summed E-state index contributed by atoms with van der Waals surface area (Å²) in [6.45, 7) is 3.48. The van der Waals surface area contributed by atoms with Gasteiger partial charge in [0.2, 0.25) is 0 Å². The van der Waals surface area contributed by atoms with Gasteiger partial charge in [0, 0.05) is 57.4 Å². The molecule has 33 heavy (non-hydrogen) atoms. The van der Waals surface area contributed by atoms with Crippen LogP contribution in [0.4, 0.5) is 0 Å². The Morgan fingerprint density at radius 2 is 1.73 bits per heavy atom. The van der Waals surface area contributed by atoms with E-state index >= 15 is 0 Å². The predicted molar refractivity (Wildman–Crippen MR) is 137 cm³/mol. The molecule has 2 aromatic heterocycles. The van der Waals surface area contributed by atoms with Gasteiger partial charge in [-0.2, -0.15) is 0 Å². The van der Waals surface area contributed by atoms with Crippen LogP contribution in [0.15, 0.2) is 73.1 Å². The van der Waals surface area contributed by atoms with Crippen molar-refractivity contribution in [1.29, 1.82) is 0 Å². The van der Waals surface area contributed by atoms with Crippen molar-refractivity contribution in [3.05, 3.63) is 78.6 Å². The number of nitrogens with zero attached hydrogens (tertiary/aromatic N) is 1. The number of fused-ring (bicyclic) bond motifs is 2. The minimum Gasteiger partial charge on any atom is -0.496 e. The average molecular weight is 436 g/mol. The van der Waals surface area contributed by atoms with Crippen LogP contribution in [0, 0.1) is 0 Å².